The van der Waals surface area contributed by atoms with Gasteiger partial charge in [-0.2, -0.15) is 13.2 Å². The van der Waals surface area contributed by atoms with Crippen LogP contribution in [0.4, 0.5) is 18.9 Å². The zero-order valence-corrected chi connectivity index (χ0v) is 10.9. The summed E-state index contributed by atoms with van der Waals surface area (Å²) >= 11 is 0. The van der Waals surface area contributed by atoms with E-state index in [1.54, 1.807) is 7.11 Å². The molecule has 0 saturated carbocycles. The number of ether oxygens (including phenoxy) is 1. The third-order valence-corrected chi connectivity index (χ3v) is 2.97. The number of halogens is 3. The highest BCUT2D eigenvalue weighted by Crippen LogP contribution is 2.29. The summed E-state index contributed by atoms with van der Waals surface area (Å²) in [6, 6.07) is 12.7. The van der Waals surface area contributed by atoms with Gasteiger partial charge in [-0.1, -0.05) is 0 Å². The first-order chi connectivity index (χ1) is 9.49. The van der Waals surface area contributed by atoms with Crippen LogP contribution in [0.2, 0.25) is 0 Å². The molecule has 2 N–H and O–H groups in total. The first-order valence-electron chi connectivity index (χ1n) is 6.12. The normalized spacial score (nSPS) is 11.4. The molecule has 2 nitrogen and oxygen atoms in total. The topological polar surface area (TPSA) is 25.8 Å². The maximum atomic E-state index is 12.4. The molecule has 106 valence electrons. The van der Waals surface area contributed by atoms with E-state index in [9.17, 15) is 13.2 Å². The summed E-state index contributed by atoms with van der Waals surface area (Å²) in [5, 5.41) is 1.89. The predicted octanol–water partition coefficient (Wildman–Crippen LogP) is 3.11. The molecular formula is C15H15F3NO+. The third kappa shape index (κ3) is 3.74. The number of hydrogen-bond acceptors (Lipinski definition) is 1. The molecule has 0 bridgehead atoms. The standard InChI is InChI=1S/C15H14F3NO/c1-20-14-8-2-11(3-9-14)10-19-13-6-4-12(5-7-13)15(16,17)18/h2-9,19H,10H2,1H3/p+1. The second-order valence-corrected chi connectivity index (χ2v) is 4.38. The van der Waals surface area contributed by atoms with E-state index < -0.39 is 11.7 Å². The van der Waals surface area contributed by atoms with E-state index in [2.05, 4.69) is 0 Å². The van der Waals surface area contributed by atoms with E-state index in [1.165, 1.54) is 12.1 Å². The highest BCUT2D eigenvalue weighted by molar-refractivity contribution is 5.33. The Labute approximate surface area is 115 Å². The Morgan fingerprint density at radius 1 is 0.950 bits per heavy atom. The molecular weight excluding hydrogens is 267 g/mol. The van der Waals surface area contributed by atoms with E-state index in [0.29, 0.717) is 6.54 Å². The highest BCUT2D eigenvalue weighted by Gasteiger charge is 2.30. The smallest absolute Gasteiger partial charge is 0.416 e. The lowest BCUT2D eigenvalue weighted by molar-refractivity contribution is -0.588. The summed E-state index contributed by atoms with van der Waals surface area (Å²) in [5.74, 6) is 0.781. The molecule has 2 aromatic carbocycles. The van der Waals surface area contributed by atoms with Crippen molar-refractivity contribution in [3.05, 3.63) is 59.7 Å². The fourth-order valence-electron chi connectivity index (χ4n) is 1.81. The largest absolute Gasteiger partial charge is 0.497 e. The SMILES string of the molecule is COc1ccc(C[NH2+]c2ccc(C(F)(F)F)cc2)cc1. The van der Waals surface area contributed by atoms with Gasteiger partial charge in [0.2, 0.25) is 0 Å². The van der Waals surface area contributed by atoms with Crippen LogP contribution in [0.3, 0.4) is 0 Å². The summed E-state index contributed by atoms with van der Waals surface area (Å²) in [6.45, 7) is 0.662. The Bertz CT molecular complexity index is 547. The summed E-state index contributed by atoms with van der Waals surface area (Å²) in [6.07, 6.45) is -4.28. The number of alkyl halides is 3. The van der Waals surface area contributed by atoms with Gasteiger partial charge in [0.1, 0.15) is 18.0 Å². The van der Waals surface area contributed by atoms with Crippen LogP contribution in [0, 0.1) is 0 Å². The van der Waals surface area contributed by atoms with Crippen molar-refractivity contribution in [2.45, 2.75) is 12.7 Å². The van der Waals surface area contributed by atoms with Gasteiger partial charge in [0.05, 0.1) is 12.7 Å². The Morgan fingerprint density at radius 3 is 2.05 bits per heavy atom. The quantitative estimate of drug-likeness (QED) is 0.857. The minimum Gasteiger partial charge on any atom is -0.497 e. The van der Waals surface area contributed by atoms with Gasteiger partial charge in [0.25, 0.3) is 0 Å². The molecule has 20 heavy (non-hydrogen) atoms. The Hall–Kier alpha value is -2.01. The van der Waals surface area contributed by atoms with Crippen molar-refractivity contribution in [2.24, 2.45) is 0 Å². The molecule has 2 rings (SSSR count). The maximum Gasteiger partial charge on any atom is 0.416 e. The molecule has 0 fully saturated rings. The van der Waals surface area contributed by atoms with E-state index in [0.717, 1.165) is 29.1 Å². The number of quaternary nitrogens is 1. The van der Waals surface area contributed by atoms with Gasteiger partial charge in [-0.3, -0.25) is 0 Å². The minimum atomic E-state index is -4.28. The molecule has 5 heteroatoms. The summed E-state index contributed by atoms with van der Waals surface area (Å²) in [7, 11) is 1.60. The molecule has 0 radical (unpaired) electrons. The van der Waals surface area contributed by atoms with Gasteiger partial charge in [0, 0.05) is 5.56 Å². The fourth-order valence-corrected chi connectivity index (χ4v) is 1.81. The molecule has 0 aliphatic heterocycles. The monoisotopic (exact) mass is 282 g/mol. The average molecular weight is 282 g/mol. The lowest BCUT2D eigenvalue weighted by Crippen LogP contribution is -2.76. The minimum absolute atomic E-state index is 0.626. The zero-order chi connectivity index (χ0) is 14.6. The van der Waals surface area contributed by atoms with Crippen LogP contribution in [-0.2, 0) is 12.7 Å². The Kier molecular flexibility index (Phi) is 4.29. The fraction of sp³-hybridized carbons (Fsp3) is 0.200. The molecule has 0 unspecified atom stereocenters. The summed E-state index contributed by atoms with van der Waals surface area (Å²) in [5.41, 5.74) is 1.22. The molecule has 2 aromatic rings. The van der Waals surface area contributed by atoms with Crippen molar-refractivity contribution in [1.82, 2.24) is 0 Å². The van der Waals surface area contributed by atoms with Crippen molar-refractivity contribution in [3.63, 3.8) is 0 Å². The molecule has 0 saturated heterocycles. The van der Waals surface area contributed by atoms with Crippen LogP contribution in [0.15, 0.2) is 48.5 Å². The molecule has 0 aliphatic carbocycles. The molecule has 0 spiro atoms. The second kappa shape index (κ2) is 5.96. The Morgan fingerprint density at radius 2 is 1.55 bits per heavy atom. The maximum absolute atomic E-state index is 12.4. The molecule has 0 atom stereocenters. The van der Waals surface area contributed by atoms with Gasteiger partial charge in [-0.25, -0.2) is 0 Å². The van der Waals surface area contributed by atoms with Crippen LogP contribution in [0.25, 0.3) is 0 Å². The summed E-state index contributed by atoms with van der Waals surface area (Å²) in [4.78, 5) is 0. The lowest BCUT2D eigenvalue weighted by atomic mass is 10.2. The average Bonchev–Trinajstić information content (AvgIpc) is 2.45. The van der Waals surface area contributed by atoms with E-state index >= 15 is 0 Å². The number of benzene rings is 2. The van der Waals surface area contributed by atoms with E-state index in [1.807, 2.05) is 29.6 Å². The van der Waals surface area contributed by atoms with Gasteiger partial charge in [-0.05, 0) is 48.5 Å². The van der Waals surface area contributed by atoms with Crippen LogP contribution in [0.1, 0.15) is 11.1 Å². The molecule has 0 heterocycles. The molecule has 0 aromatic heterocycles. The zero-order valence-electron chi connectivity index (χ0n) is 10.9. The molecule has 0 aliphatic rings. The van der Waals surface area contributed by atoms with Crippen molar-refractivity contribution in [1.29, 1.82) is 0 Å². The van der Waals surface area contributed by atoms with Crippen LogP contribution in [0.5, 0.6) is 5.75 Å². The van der Waals surface area contributed by atoms with Gasteiger partial charge in [0.15, 0.2) is 0 Å². The van der Waals surface area contributed by atoms with Crippen LogP contribution >= 0.6 is 0 Å². The first-order valence-corrected chi connectivity index (χ1v) is 6.12. The number of hydrogen-bond donors (Lipinski definition) is 1. The van der Waals surface area contributed by atoms with Crippen molar-refractivity contribution >= 4 is 5.69 Å². The summed E-state index contributed by atoms with van der Waals surface area (Å²) < 4.78 is 42.3. The van der Waals surface area contributed by atoms with E-state index in [-0.39, 0.29) is 0 Å². The van der Waals surface area contributed by atoms with Crippen molar-refractivity contribution in [2.75, 3.05) is 7.11 Å². The van der Waals surface area contributed by atoms with Crippen LogP contribution < -0.4 is 10.1 Å². The number of methoxy groups -OCH3 is 1. The third-order valence-electron chi connectivity index (χ3n) is 2.97. The van der Waals surface area contributed by atoms with Crippen molar-refractivity contribution < 1.29 is 23.2 Å². The first kappa shape index (κ1) is 14.4. The lowest BCUT2D eigenvalue weighted by Gasteiger charge is -2.07. The molecule has 0 amide bonds. The van der Waals surface area contributed by atoms with Gasteiger partial charge >= 0.3 is 6.18 Å². The second-order valence-electron chi connectivity index (χ2n) is 4.38. The highest BCUT2D eigenvalue weighted by atomic mass is 19.4. The van der Waals surface area contributed by atoms with Gasteiger partial charge < -0.3 is 10.1 Å². The predicted molar refractivity (Wildman–Crippen MR) is 69.7 cm³/mol. The van der Waals surface area contributed by atoms with E-state index in [4.69, 9.17) is 4.74 Å². The van der Waals surface area contributed by atoms with Crippen LogP contribution in [-0.4, -0.2) is 7.11 Å². The Balaban J connectivity index is 1.96. The number of rotatable bonds is 4. The van der Waals surface area contributed by atoms with Crippen molar-refractivity contribution in [3.8, 4) is 5.75 Å². The number of nitrogens with two attached hydrogens (primary N) is 1. The van der Waals surface area contributed by atoms with Gasteiger partial charge in [-0.15, -0.1) is 0 Å².